The van der Waals surface area contributed by atoms with Crippen LogP contribution in [0.3, 0.4) is 0 Å². The minimum Gasteiger partial charge on any atom is -0.478 e. The van der Waals surface area contributed by atoms with Crippen LogP contribution in [0.25, 0.3) is 0 Å². The molecule has 50 valence electrons. The summed E-state index contributed by atoms with van der Waals surface area (Å²) in [5.74, 6) is -0.989. The topological polar surface area (TPSA) is 63.3 Å². The highest BCUT2D eigenvalue weighted by atomic mass is 16.4. The molecule has 0 atom stereocenters. The van der Waals surface area contributed by atoms with Crippen molar-refractivity contribution in [3.63, 3.8) is 0 Å². The fourth-order valence-corrected chi connectivity index (χ4v) is 0.382. The molecule has 3 heteroatoms. The summed E-state index contributed by atoms with van der Waals surface area (Å²) in [6, 6.07) is 0. The Morgan fingerprint density at radius 2 is 2.33 bits per heavy atom. The quantitative estimate of drug-likeness (QED) is 0.428. The van der Waals surface area contributed by atoms with E-state index in [0.29, 0.717) is 6.42 Å². The first kappa shape index (κ1) is 7.75. The maximum absolute atomic E-state index is 10.1. The summed E-state index contributed by atoms with van der Waals surface area (Å²) in [4.78, 5) is 10.1. The molecule has 0 aliphatic rings. The van der Waals surface area contributed by atoms with Gasteiger partial charge in [0.1, 0.15) is 0 Å². The Labute approximate surface area is 53.5 Å². The third-order valence-electron chi connectivity index (χ3n) is 0.840. The molecule has 0 spiro atoms. The molecule has 0 radical (unpaired) electrons. The maximum atomic E-state index is 10.1. The minimum absolute atomic E-state index is 0.171. The minimum atomic E-state index is -0.989. The second-order valence-corrected chi connectivity index (χ2v) is 1.49. The SMILES string of the molecule is C=CC/C(=C\N)C(=O)O. The van der Waals surface area contributed by atoms with E-state index in [9.17, 15) is 4.79 Å². The van der Waals surface area contributed by atoms with Crippen molar-refractivity contribution >= 4 is 5.97 Å². The van der Waals surface area contributed by atoms with Gasteiger partial charge >= 0.3 is 5.97 Å². The van der Waals surface area contributed by atoms with E-state index in [-0.39, 0.29) is 5.57 Å². The second-order valence-electron chi connectivity index (χ2n) is 1.49. The average molecular weight is 127 g/mol. The molecule has 0 amide bonds. The lowest BCUT2D eigenvalue weighted by Crippen LogP contribution is -2.01. The van der Waals surface area contributed by atoms with Crippen molar-refractivity contribution in [1.82, 2.24) is 0 Å². The Kier molecular flexibility index (Phi) is 3.20. The highest BCUT2D eigenvalue weighted by Crippen LogP contribution is 1.98. The molecule has 0 aliphatic carbocycles. The van der Waals surface area contributed by atoms with Crippen molar-refractivity contribution in [2.24, 2.45) is 5.73 Å². The molecule has 0 aromatic rings. The zero-order valence-electron chi connectivity index (χ0n) is 5.00. The molecular formula is C6H9NO2. The van der Waals surface area contributed by atoms with Crippen LogP contribution in [0.5, 0.6) is 0 Å². The Balaban J connectivity index is 4.00. The number of aliphatic carboxylic acids is 1. The van der Waals surface area contributed by atoms with Crippen LogP contribution in [-0.2, 0) is 4.79 Å². The van der Waals surface area contributed by atoms with Crippen LogP contribution in [0.2, 0.25) is 0 Å². The Morgan fingerprint density at radius 3 is 2.44 bits per heavy atom. The van der Waals surface area contributed by atoms with Gasteiger partial charge in [-0.05, 0) is 6.42 Å². The monoisotopic (exact) mass is 127 g/mol. The summed E-state index contributed by atoms with van der Waals surface area (Å²) in [5, 5.41) is 8.31. The lowest BCUT2D eigenvalue weighted by molar-refractivity contribution is -0.132. The number of allylic oxidation sites excluding steroid dienone is 1. The van der Waals surface area contributed by atoms with Crippen molar-refractivity contribution in [2.45, 2.75) is 6.42 Å². The predicted molar refractivity (Wildman–Crippen MR) is 34.7 cm³/mol. The zero-order chi connectivity index (χ0) is 7.28. The second kappa shape index (κ2) is 3.72. The van der Waals surface area contributed by atoms with E-state index in [0.717, 1.165) is 6.20 Å². The first-order valence-electron chi connectivity index (χ1n) is 2.47. The maximum Gasteiger partial charge on any atom is 0.333 e. The lowest BCUT2D eigenvalue weighted by atomic mass is 10.2. The van der Waals surface area contributed by atoms with Crippen LogP contribution in [0.1, 0.15) is 6.42 Å². The van der Waals surface area contributed by atoms with Crippen LogP contribution >= 0.6 is 0 Å². The summed E-state index contributed by atoms with van der Waals surface area (Å²) in [5.41, 5.74) is 5.14. The molecule has 0 heterocycles. The van der Waals surface area contributed by atoms with Gasteiger partial charge in [-0.25, -0.2) is 4.79 Å². The van der Waals surface area contributed by atoms with Crippen molar-refractivity contribution < 1.29 is 9.90 Å². The summed E-state index contributed by atoms with van der Waals surface area (Å²) >= 11 is 0. The number of nitrogens with two attached hydrogens (primary N) is 1. The molecular weight excluding hydrogens is 118 g/mol. The first-order chi connectivity index (χ1) is 4.22. The van der Waals surface area contributed by atoms with E-state index in [4.69, 9.17) is 10.8 Å². The van der Waals surface area contributed by atoms with Gasteiger partial charge in [0.05, 0.1) is 5.57 Å². The Hall–Kier alpha value is -1.25. The molecule has 0 fully saturated rings. The molecule has 0 aromatic carbocycles. The van der Waals surface area contributed by atoms with Crippen LogP contribution in [0.15, 0.2) is 24.4 Å². The van der Waals surface area contributed by atoms with Crippen molar-refractivity contribution in [3.05, 3.63) is 24.4 Å². The van der Waals surface area contributed by atoms with Crippen molar-refractivity contribution in [2.75, 3.05) is 0 Å². The third kappa shape index (κ3) is 2.54. The summed E-state index contributed by atoms with van der Waals surface area (Å²) in [6.45, 7) is 3.37. The van der Waals surface area contributed by atoms with E-state index in [1.54, 1.807) is 0 Å². The lowest BCUT2D eigenvalue weighted by Gasteiger charge is -1.92. The highest BCUT2D eigenvalue weighted by Gasteiger charge is 2.01. The van der Waals surface area contributed by atoms with Crippen molar-refractivity contribution in [3.8, 4) is 0 Å². The Bertz CT molecular complexity index is 149. The summed E-state index contributed by atoms with van der Waals surface area (Å²) in [7, 11) is 0. The molecule has 3 nitrogen and oxygen atoms in total. The first-order valence-corrected chi connectivity index (χ1v) is 2.47. The fourth-order valence-electron chi connectivity index (χ4n) is 0.382. The van der Waals surface area contributed by atoms with Gasteiger partial charge in [-0.3, -0.25) is 0 Å². The molecule has 0 unspecified atom stereocenters. The summed E-state index contributed by atoms with van der Waals surface area (Å²) < 4.78 is 0. The molecule has 0 aliphatic heterocycles. The van der Waals surface area contributed by atoms with Gasteiger partial charge in [-0.1, -0.05) is 6.08 Å². The number of carbonyl (C=O) groups is 1. The number of hydrogen-bond acceptors (Lipinski definition) is 2. The molecule has 0 bridgehead atoms. The van der Waals surface area contributed by atoms with E-state index in [1.807, 2.05) is 0 Å². The van der Waals surface area contributed by atoms with Crippen LogP contribution < -0.4 is 5.73 Å². The van der Waals surface area contributed by atoms with E-state index >= 15 is 0 Å². The van der Waals surface area contributed by atoms with E-state index in [1.165, 1.54) is 6.08 Å². The van der Waals surface area contributed by atoms with E-state index < -0.39 is 5.97 Å². The standard InChI is InChI=1S/C6H9NO2/c1-2-3-5(4-7)6(8)9/h2,4H,1,3,7H2,(H,8,9)/b5-4+. The number of carboxylic acids is 1. The molecule has 9 heavy (non-hydrogen) atoms. The van der Waals surface area contributed by atoms with Crippen LogP contribution in [0, 0.1) is 0 Å². The van der Waals surface area contributed by atoms with Gasteiger partial charge in [0, 0.05) is 6.20 Å². The fraction of sp³-hybridized carbons (Fsp3) is 0.167. The van der Waals surface area contributed by atoms with Gasteiger partial charge < -0.3 is 10.8 Å². The largest absolute Gasteiger partial charge is 0.478 e. The normalized spacial score (nSPS) is 10.9. The molecule has 0 aromatic heterocycles. The Morgan fingerprint density at radius 1 is 1.78 bits per heavy atom. The third-order valence-corrected chi connectivity index (χ3v) is 0.840. The average Bonchev–Trinajstić information content (AvgIpc) is 1.82. The smallest absolute Gasteiger partial charge is 0.333 e. The van der Waals surface area contributed by atoms with Gasteiger partial charge in [-0.15, -0.1) is 6.58 Å². The van der Waals surface area contributed by atoms with Gasteiger partial charge in [0.25, 0.3) is 0 Å². The van der Waals surface area contributed by atoms with Gasteiger partial charge in [-0.2, -0.15) is 0 Å². The van der Waals surface area contributed by atoms with Crippen LogP contribution in [-0.4, -0.2) is 11.1 Å². The molecule has 0 rings (SSSR count). The molecule has 3 N–H and O–H groups in total. The van der Waals surface area contributed by atoms with Crippen molar-refractivity contribution in [1.29, 1.82) is 0 Å². The van der Waals surface area contributed by atoms with Gasteiger partial charge in [0.15, 0.2) is 0 Å². The molecule has 0 saturated heterocycles. The van der Waals surface area contributed by atoms with Gasteiger partial charge in [0.2, 0.25) is 0 Å². The van der Waals surface area contributed by atoms with Crippen LogP contribution in [0.4, 0.5) is 0 Å². The molecule has 0 saturated carbocycles. The number of hydrogen-bond donors (Lipinski definition) is 2. The predicted octanol–water partition coefficient (Wildman–Crippen LogP) is 0.490. The highest BCUT2D eigenvalue weighted by molar-refractivity contribution is 5.86. The number of carboxylic acid groups (broad SMARTS) is 1. The van der Waals surface area contributed by atoms with E-state index in [2.05, 4.69) is 6.58 Å². The number of rotatable bonds is 3. The zero-order valence-corrected chi connectivity index (χ0v) is 5.00. The summed E-state index contributed by atoms with van der Waals surface area (Å²) in [6.07, 6.45) is 2.88.